The molecule has 0 saturated heterocycles. The van der Waals surface area contributed by atoms with Gasteiger partial charge in [0.15, 0.2) is 17.3 Å². The first-order valence-corrected chi connectivity index (χ1v) is 10.7. The monoisotopic (exact) mass is 429 g/mol. The smallest absolute Gasteiger partial charge is 0.308 e. The number of carbonyl (C=O) groups is 2. The lowest BCUT2D eigenvalue weighted by Crippen LogP contribution is -2.08. The van der Waals surface area contributed by atoms with E-state index in [0.29, 0.717) is 22.6 Å². The van der Waals surface area contributed by atoms with Crippen LogP contribution in [0.1, 0.15) is 33.7 Å². The number of ketones is 1. The molecule has 5 rings (SSSR count). The van der Waals surface area contributed by atoms with Crippen molar-refractivity contribution in [2.24, 2.45) is 0 Å². The van der Waals surface area contributed by atoms with Crippen LogP contribution in [-0.4, -0.2) is 18.9 Å². The predicted molar refractivity (Wildman–Crippen MR) is 121 cm³/mol. The van der Waals surface area contributed by atoms with Gasteiger partial charge in [0.1, 0.15) is 0 Å². The van der Waals surface area contributed by atoms with Gasteiger partial charge in [0, 0.05) is 28.5 Å². The molecule has 154 valence electrons. The zero-order valence-corrected chi connectivity index (χ0v) is 17.8. The van der Waals surface area contributed by atoms with Gasteiger partial charge in [0.25, 0.3) is 0 Å². The second-order valence-electron chi connectivity index (χ2n) is 7.29. The van der Waals surface area contributed by atoms with E-state index in [2.05, 4.69) is 5.32 Å². The molecular weight excluding hydrogens is 410 g/mol. The molecule has 0 radical (unpaired) electrons. The molecule has 0 fully saturated rings. The summed E-state index contributed by atoms with van der Waals surface area (Å²) >= 11 is 1.62. The Bertz CT molecular complexity index is 1260. The number of hydrogen-bond acceptors (Lipinski definition) is 6. The standard InChI is InChI=1S/C25H19NO4S/c1-14(27)30-19-12-11-15(13-20(19)29-2)25-22-23(16-7-3-4-8-17(16)24(22)28)26-18-9-5-6-10-21(18)31-25/h3-13,25-26H,1-2H3. The maximum absolute atomic E-state index is 13.5. The molecule has 1 N–H and O–H groups in total. The van der Waals surface area contributed by atoms with Gasteiger partial charge in [-0.15, -0.1) is 11.8 Å². The van der Waals surface area contributed by atoms with E-state index < -0.39 is 5.97 Å². The Hall–Kier alpha value is -3.51. The molecule has 1 unspecified atom stereocenters. The maximum Gasteiger partial charge on any atom is 0.308 e. The number of thioether (sulfide) groups is 1. The van der Waals surface area contributed by atoms with Gasteiger partial charge in [0.05, 0.1) is 23.7 Å². The number of ether oxygens (including phenoxy) is 2. The molecule has 3 aromatic rings. The summed E-state index contributed by atoms with van der Waals surface area (Å²) in [6.07, 6.45) is 0. The SMILES string of the molecule is COc1cc(C2Sc3ccccc3NC3=C2C(=O)c2ccccc23)ccc1OC(C)=O. The Morgan fingerprint density at radius 3 is 2.48 bits per heavy atom. The van der Waals surface area contributed by atoms with E-state index in [0.717, 1.165) is 27.4 Å². The number of para-hydroxylation sites is 1. The van der Waals surface area contributed by atoms with Crippen LogP contribution in [0.15, 0.2) is 77.2 Å². The molecule has 6 heteroatoms. The summed E-state index contributed by atoms with van der Waals surface area (Å²) in [6.45, 7) is 1.35. The molecule has 0 aromatic heterocycles. The highest BCUT2D eigenvalue weighted by molar-refractivity contribution is 8.00. The van der Waals surface area contributed by atoms with Crippen LogP contribution in [0.4, 0.5) is 5.69 Å². The van der Waals surface area contributed by atoms with Crippen LogP contribution in [-0.2, 0) is 4.79 Å². The van der Waals surface area contributed by atoms with Crippen molar-refractivity contribution in [3.8, 4) is 11.5 Å². The van der Waals surface area contributed by atoms with E-state index in [1.165, 1.54) is 14.0 Å². The molecule has 0 saturated carbocycles. The number of methoxy groups -OCH3 is 1. The number of benzene rings is 3. The highest BCUT2D eigenvalue weighted by Crippen LogP contribution is 2.53. The van der Waals surface area contributed by atoms with Crippen LogP contribution in [0.3, 0.4) is 0 Å². The third-order valence-corrected chi connectivity index (χ3v) is 6.71. The molecule has 0 bridgehead atoms. The maximum atomic E-state index is 13.5. The third kappa shape index (κ3) is 3.29. The molecule has 5 nitrogen and oxygen atoms in total. The van der Waals surface area contributed by atoms with Crippen molar-refractivity contribution < 1.29 is 19.1 Å². The van der Waals surface area contributed by atoms with Crippen molar-refractivity contribution >= 4 is 34.9 Å². The lowest BCUT2D eigenvalue weighted by Gasteiger charge is -2.19. The number of rotatable bonds is 3. The Morgan fingerprint density at radius 2 is 1.71 bits per heavy atom. The average molecular weight is 429 g/mol. The fourth-order valence-electron chi connectivity index (χ4n) is 4.00. The number of esters is 1. The summed E-state index contributed by atoms with van der Waals surface area (Å²) in [5.41, 5.74) is 5.03. The Morgan fingerprint density at radius 1 is 0.968 bits per heavy atom. The molecule has 1 atom stereocenters. The summed E-state index contributed by atoms with van der Waals surface area (Å²) in [5, 5.41) is 3.25. The van der Waals surface area contributed by atoms with E-state index in [-0.39, 0.29) is 11.0 Å². The molecule has 0 amide bonds. The second kappa shape index (κ2) is 7.63. The second-order valence-corrected chi connectivity index (χ2v) is 8.43. The minimum atomic E-state index is -0.417. The van der Waals surface area contributed by atoms with Gasteiger partial charge >= 0.3 is 5.97 Å². The van der Waals surface area contributed by atoms with E-state index in [1.54, 1.807) is 17.8 Å². The first-order valence-electron chi connectivity index (χ1n) is 9.84. The first kappa shape index (κ1) is 19.5. The predicted octanol–water partition coefficient (Wildman–Crippen LogP) is 5.49. The molecular formula is C25H19NO4S. The van der Waals surface area contributed by atoms with Crippen LogP contribution in [0, 0.1) is 0 Å². The van der Waals surface area contributed by atoms with E-state index >= 15 is 0 Å². The summed E-state index contributed by atoms with van der Waals surface area (Å²) in [7, 11) is 1.53. The van der Waals surface area contributed by atoms with Crippen molar-refractivity contribution in [3.63, 3.8) is 0 Å². The largest absolute Gasteiger partial charge is 0.493 e. The zero-order chi connectivity index (χ0) is 21.5. The zero-order valence-electron chi connectivity index (χ0n) is 17.0. The molecule has 0 spiro atoms. The van der Waals surface area contributed by atoms with Crippen LogP contribution >= 0.6 is 11.8 Å². The molecule has 1 aliphatic carbocycles. The fourth-order valence-corrected chi connectivity index (χ4v) is 5.28. The highest BCUT2D eigenvalue weighted by Gasteiger charge is 2.38. The average Bonchev–Trinajstić information content (AvgIpc) is 2.94. The van der Waals surface area contributed by atoms with Crippen molar-refractivity contribution in [2.75, 3.05) is 12.4 Å². The van der Waals surface area contributed by atoms with E-state index in [9.17, 15) is 9.59 Å². The van der Waals surface area contributed by atoms with Gasteiger partial charge in [-0.25, -0.2) is 0 Å². The van der Waals surface area contributed by atoms with Gasteiger partial charge in [-0.05, 0) is 29.8 Å². The number of fused-ring (bicyclic) bond motifs is 3. The Labute approximate surface area is 184 Å². The Kier molecular flexibility index (Phi) is 4.79. The number of Topliss-reactive ketones (excluding diaryl/α,β-unsaturated/α-hetero) is 1. The molecule has 3 aromatic carbocycles. The lowest BCUT2D eigenvalue weighted by atomic mass is 10.0. The Balaban J connectivity index is 1.68. The van der Waals surface area contributed by atoms with Gasteiger partial charge in [-0.1, -0.05) is 42.5 Å². The summed E-state index contributed by atoms with van der Waals surface area (Å²) in [4.78, 5) is 26.0. The number of anilines is 1. The van der Waals surface area contributed by atoms with Crippen LogP contribution in [0.2, 0.25) is 0 Å². The number of carbonyl (C=O) groups excluding carboxylic acids is 2. The highest BCUT2D eigenvalue weighted by atomic mass is 32.2. The van der Waals surface area contributed by atoms with E-state index in [1.807, 2.05) is 60.7 Å². The third-order valence-electron chi connectivity index (χ3n) is 5.35. The number of nitrogens with one attached hydrogen (secondary N) is 1. The molecule has 31 heavy (non-hydrogen) atoms. The van der Waals surface area contributed by atoms with Crippen LogP contribution < -0.4 is 14.8 Å². The van der Waals surface area contributed by atoms with Crippen LogP contribution in [0.5, 0.6) is 11.5 Å². The molecule has 1 heterocycles. The minimum absolute atomic E-state index is 0.0198. The van der Waals surface area contributed by atoms with E-state index in [4.69, 9.17) is 9.47 Å². The van der Waals surface area contributed by atoms with Gasteiger partial charge < -0.3 is 14.8 Å². The summed E-state index contributed by atoms with van der Waals surface area (Å²) < 4.78 is 10.7. The van der Waals surface area contributed by atoms with Crippen LogP contribution in [0.25, 0.3) is 5.70 Å². The van der Waals surface area contributed by atoms with Crippen molar-refractivity contribution in [1.29, 1.82) is 0 Å². The van der Waals surface area contributed by atoms with Crippen molar-refractivity contribution in [2.45, 2.75) is 17.1 Å². The lowest BCUT2D eigenvalue weighted by molar-refractivity contribution is -0.132. The molecule has 2 aliphatic rings. The topological polar surface area (TPSA) is 64.6 Å². The van der Waals surface area contributed by atoms with Gasteiger partial charge in [-0.3, -0.25) is 9.59 Å². The van der Waals surface area contributed by atoms with Crippen molar-refractivity contribution in [1.82, 2.24) is 0 Å². The minimum Gasteiger partial charge on any atom is -0.493 e. The number of hydrogen-bond donors (Lipinski definition) is 1. The van der Waals surface area contributed by atoms with Crippen molar-refractivity contribution in [3.05, 3.63) is 89.0 Å². The normalized spacial score (nSPS) is 16.6. The molecule has 1 aliphatic heterocycles. The van der Waals surface area contributed by atoms with Gasteiger partial charge in [0.2, 0.25) is 0 Å². The first-order chi connectivity index (χ1) is 15.1. The summed E-state index contributed by atoms with van der Waals surface area (Å²) in [5.74, 6) is 0.404. The van der Waals surface area contributed by atoms with Gasteiger partial charge in [-0.2, -0.15) is 0 Å². The fraction of sp³-hybridized carbons (Fsp3) is 0.120. The quantitative estimate of drug-likeness (QED) is 0.439. The summed E-state index contributed by atoms with van der Waals surface area (Å²) in [6, 6.07) is 21.1.